The lowest BCUT2D eigenvalue weighted by molar-refractivity contribution is -0.181. The zero-order valence-corrected chi connectivity index (χ0v) is 61.5. The van der Waals surface area contributed by atoms with Gasteiger partial charge in [0.05, 0.1) is 43.2 Å². The maximum absolute atomic E-state index is 15.4. The zero-order chi connectivity index (χ0) is 75.9. The number of piperidine rings is 1. The van der Waals surface area contributed by atoms with Gasteiger partial charge in [-0.25, -0.2) is 0 Å². The molecule has 3 heterocycles. The Morgan fingerprint density at radius 3 is 1.84 bits per heavy atom. The van der Waals surface area contributed by atoms with Gasteiger partial charge in [0.2, 0.25) is 70.9 Å². The van der Waals surface area contributed by atoms with Gasteiger partial charge in [-0.2, -0.15) is 26.3 Å². The molecule has 2 aliphatic carbocycles. The SMILES string of the molecule is CC[C@H](C)[C@@H]1NC(=O)[C@H](CC(C)C)N(C)C(=O)C[C@@H](C(=O)N2CCCCC2)N(C)C(=O)[C@H](COCC(F)(F)F)N(C)C(=O)C2(CCCC2)NC(=O)C2CCCN2C(=O)[C@H](CCc2ccc(C(F)(F)F)c(Cl)c2)NC(=O)CN(C)C(=O)[C@H](CC2CCCCC2)N(C)C(=O)CN(C)C(=O)CN(C)C1=O. The molecular weight excluding hydrogens is 1370 g/mol. The molecule has 3 saturated heterocycles. The molecule has 1 unspecified atom stereocenters. The number of benzene rings is 1. The van der Waals surface area contributed by atoms with Gasteiger partial charge in [-0.1, -0.05) is 96.7 Å². The molecule has 102 heavy (non-hydrogen) atoms. The molecule has 3 N–H and O–H groups in total. The number of rotatable bonds is 13. The van der Waals surface area contributed by atoms with Gasteiger partial charge >= 0.3 is 12.4 Å². The van der Waals surface area contributed by atoms with E-state index in [2.05, 4.69) is 16.0 Å². The minimum absolute atomic E-state index is 0.0123. The van der Waals surface area contributed by atoms with E-state index in [9.17, 15) is 69.5 Å². The molecule has 8 atom stereocenters. The predicted octanol–water partition coefficient (Wildman–Crippen LogP) is 5.42. The molecule has 25 nitrogen and oxygen atoms in total. The number of halogens is 7. The van der Waals surface area contributed by atoms with E-state index < -0.39 is 187 Å². The molecule has 0 radical (unpaired) electrons. The summed E-state index contributed by atoms with van der Waals surface area (Å²) in [5.41, 5.74) is -2.75. The molecular formula is C70H105ClF6N12O13. The van der Waals surface area contributed by atoms with Crippen LogP contribution in [0.2, 0.25) is 5.02 Å². The van der Waals surface area contributed by atoms with E-state index in [0.29, 0.717) is 32.1 Å². The summed E-state index contributed by atoms with van der Waals surface area (Å²) in [6, 6.07) is -7.30. The first-order valence-corrected chi connectivity index (χ1v) is 36.0. The third-order valence-corrected chi connectivity index (χ3v) is 21.2. The smallest absolute Gasteiger partial charge is 0.369 e. The lowest BCUT2D eigenvalue weighted by Crippen LogP contribution is -2.65. The summed E-state index contributed by atoms with van der Waals surface area (Å²) in [6.45, 7) is 2.58. The summed E-state index contributed by atoms with van der Waals surface area (Å²) in [5, 5.41) is 7.71. The van der Waals surface area contributed by atoms with Crippen LogP contribution in [-0.4, -0.2) is 271 Å². The molecule has 5 fully saturated rings. The van der Waals surface area contributed by atoms with Crippen molar-refractivity contribution < 1.29 is 88.6 Å². The molecule has 1 aromatic carbocycles. The van der Waals surface area contributed by atoms with Crippen molar-refractivity contribution in [3.63, 3.8) is 0 Å². The van der Waals surface area contributed by atoms with Crippen LogP contribution in [0.1, 0.15) is 161 Å². The van der Waals surface area contributed by atoms with Gasteiger partial charge in [-0.3, -0.25) is 57.5 Å². The second-order valence-corrected chi connectivity index (χ2v) is 29.4. The third kappa shape index (κ3) is 22.1. The molecule has 0 bridgehead atoms. The summed E-state index contributed by atoms with van der Waals surface area (Å²) in [4.78, 5) is 188. The molecule has 572 valence electrons. The molecule has 2 saturated carbocycles. The van der Waals surface area contributed by atoms with Crippen LogP contribution in [0.5, 0.6) is 0 Å². The summed E-state index contributed by atoms with van der Waals surface area (Å²) >= 11 is 6.12. The number of aryl methyl sites for hydroxylation is 1. The first kappa shape index (κ1) is 83.6. The fraction of sp³-hybridized carbons (Fsp3) is 0.743. The number of carbonyl (C=O) groups is 12. The quantitative estimate of drug-likeness (QED) is 0.208. The van der Waals surface area contributed by atoms with E-state index >= 15 is 14.4 Å². The number of hydrogen-bond acceptors (Lipinski definition) is 13. The summed E-state index contributed by atoms with van der Waals surface area (Å²) < 4.78 is 88.5. The number of nitrogens with one attached hydrogen (secondary N) is 3. The number of carbonyl (C=O) groups excluding carboxylic acids is 12. The molecule has 0 aromatic heterocycles. The van der Waals surface area contributed by atoms with Crippen LogP contribution in [0.15, 0.2) is 18.2 Å². The standard InChI is InChI=1S/C70H105ClF6N12O13/c1-12-44(4)59-66(100)83(7)39-57(92)81(5)40-58(93)85(9)52(36-45-22-15-13-16-23-45)63(97)82(6)38-55(90)78-49(28-26-46-25-27-47(48(71)35-46)70(75,76)77)62(96)89-33-21-24-50(89)61(95)80-68(29-17-18-30-68)67(101)87(11)54(41-102-42-69(72,73)74)64(98)86(10)53(65(99)88-31-19-14-20-32-88)37-56(91)84(8)51(34-43(2)3)60(94)79-59/h25,27,35,43-45,49-54,59H,12-24,26,28-34,36-42H2,1-11H3,(H,78,90)(H,79,94)(H,80,95)/t44-,49-,50?,51-,52-,53-,54-,59-/m0/s1. The molecule has 1 spiro atoms. The fourth-order valence-electron chi connectivity index (χ4n) is 14.4. The number of nitrogens with zero attached hydrogens (tertiary/aromatic N) is 9. The lowest BCUT2D eigenvalue weighted by atomic mass is 9.84. The van der Waals surface area contributed by atoms with Gasteiger partial charge in [-0.05, 0) is 106 Å². The molecule has 32 heteroatoms. The average molecular weight is 1470 g/mol. The molecule has 5 aliphatic rings. The Balaban J connectivity index is 1.44. The number of hydrogen-bond donors (Lipinski definition) is 3. The van der Waals surface area contributed by atoms with Crippen molar-refractivity contribution in [2.45, 2.75) is 216 Å². The van der Waals surface area contributed by atoms with Crippen LogP contribution in [-0.2, 0) is 74.9 Å². The average Bonchev–Trinajstić information content (AvgIpc) is 1.52. The highest BCUT2D eigenvalue weighted by molar-refractivity contribution is 6.31. The monoisotopic (exact) mass is 1470 g/mol. The van der Waals surface area contributed by atoms with Crippen molar-refractivity contribution >= 4 is 82.5 Å². The van der Waals surface area contributed by atoms with Gasteiger partial charge < -0.3 is 64.8 Å². The maximum atomic E-state index is 15.4. The van der Waals surface area contributed by atoms with Crippen LogP contribution >= 0.6 is 11.6 Å². The van der Waals surface area contributed by atoms with Crippen molar-refractivity contribution in [1.82, 2.24) is 60.0 Å². The van der Waals surface area contributed by atoms with Crippen molar-refractivity contribution in [2.75, 3.05) is 102 Å². The summed E-state index contributed by atoms with van der Waals surface area (Å²) in [7, 11) is 8.99. The highest BCUT2D eigenvalue weighted by atomic mass is 35.5. The number of alkyl halides is 6. The van der Waals surface area contributed by atoms with E-state index in [1.807, 2.05) is 0 Å². The number of fused-ring (bicyclic) bond motifs is 1. The van der Waals surface area contributed by atoms with E-state index in [1.165, 1.54) is 49.9 Å². The topological polar surface area (TPSA) is 279 Å². The van der Waals surface area contributed by atoms with E-state index in [0.717, 1.165) is 100 Å². The van der Waals surface area contributed by atoms with E-state index in [-0.39, 0.29) is 88.4 Å². The maximum Gasteiger partial charge on any atom is 0.417 e. The minimum Gasteiger partial charge on any atom is -0.369 e. The van der Waals surface area contributed by atoms with Crippen molar-refractivity contribution in [3.8, 4) is 0 Å². The Morgan fingerprint density at radius 2 is 1.25 bits per heavy atom. The highest BCUT2D eigenvalue weighted by Crippen LogP contribution is 2.37. The van der Waals surface area contributed by atoms with Crippen LogP contribution in [0.3, 0.4) is 0 Å². The number of likely N-dealkylation sites (N-methyl/N-ethyl adjacent to an activating group) is 7. The Hall–Kier alpha value is -7.31. The third-order valence-electron chi connectivity index (χ3n) is 20.9. The predicted molar refractivity (Wildman–Crippen MR) is 364 cm³/mol. The van der Waals surface area contributed by atoms with Gasteiger partial charge in [0.25, 0.3) is 0 Å². The van der Waals surface area contributed by atoms with Crippen molar-refractivity contribution in [3.05, 3.63) is 34.3 Å². The Bertz CT molecular complexity index is 3160. The summed E-state index contributed by atoms with van der Waals surface area (Å²) in [6.07, 6.45) is -3.65. The minimum atomic E-state index is -4.93. The van der Waals surface area contributed by atoms with Gasteiger partial charge in [0.1, 0.15) is 54.4 Å². The Morgan fingerprint density at radius 1 is 0.637 bits per heavy atom. The number of ether oxygens (including phenoxy) is 1. The van der Waals surface area contributed by atoms with Crippen LogP contribution in [0.25, 0.3) is 0 Å². The molecule has 12 amide bonds. The van der Waals surface area contributed by atoms with Crippen LogP contribution in [0, 0.1) is 17.8 Å². The highest BCUT2D eigenvalue weighted by Gasteiger charge is 2.51. The fourth-order valence-corrected chi connectivity index (χ4v) is 14.7. The molecule has 3 aliphatic heterocycles. The molecule has 1 aromatic rings. The van der Waals surface area contributed by atoms with Gasteiger partial charge in [0, 0.05) is 69.0 Å². The molecule has 6 rings (SSSR count). The first-order chi connectivity index (χ1) is 47.8. The van der Waals surface area contributed by atoms with Crippen LogP contribution in [0.4, 0.5) is 26.3 Å². The zero-order valence-electron chi connectivity index (χ0n) is 60.8. The van der Waals surface area contributed by atoms with E-state index in [1.54, 1.807) is 27.7 Å². The van der Waals surface area contributed by atoms with Gasteiger partial charge in [-0.15, -0.1) is 0 Å². The van der Waals surface area contributed by atoms with E-state index in [4.69, 9.17) is 16.3 Å². The number of amides is 12. The van der Waals surface area contributed by atoms with Gasteiger partial charge in [0.15, 0.2) is 0 Å². The first-order valence-electron chi connectivity index (χ1n) is 35.6. The summed E-state index contributed by atoms with van der Waals surface area (Å²) in [5.74, 6) is -10.6. The normalized spacial score (nSPS) is 25.7. The van der Waals surface area contributed by atoms with Crippen molar-refractivity contribution in [2.24, 2.45) is 17.8 Å². The second-order valence-electron chi connectivity index (χ2n) is 29.0. The van der Waals surface area contributed by atoms with Crippen LogP contribution < -0.4 is 16.0 Å². The number of likely N-dealkylation sites (tertiary alicyclic amines) is 1. The van der Waals surface area contributed by atoms with Crippen molar-refractivity contribution in [1.29, 1.82) is 0 Å². The lowest BCUT2D eigenvalue weighted by Gasteiger charge is -2.40. The Labute approximate surface area is 599 Å². The Kier molecular flexibility index (Phi) is 30.3. The largest absolute Gasteiger partial charge is 0.417 e. The second kappa shape index (κ2) is 36.9.